The Labute approximate surface area is 232 Å². The summed E-state index contributed by atoms with van der Waals surface area (Å²) in [5.41, 5.74) is 3.22. The van der Waals surface area contributed by atoms with Crippen molar-refractivity contribution in [2.24, 2.45) is 4.40 Å². The normalized spacial score (nSPS) is 14.5. The number of nitrogens with zero attached hydrogens (tertiary/aromatic N) is 4. The summed E-state index contributed by atoms with van der Waals surface area (Å²) < 4.78 is 48.1. The second kappa shape index (κ2) is 12.1. The molecule has 39 heavy (non-hydrogen) atoms. The summed E-state index contributed by atoms with van der Waals surface area (Å²) in [6, 6.07) is 12.9. The van der Waals surface area contributed by atoms with Crippen LogP contribution in [0.4, 0.5) is 10.1 Å². The third kappa shape index (κ3) is 6.75. The van der Waals surface area contributed by atoms with Gasteiger partial charge in [-0.15, -0.1) is 4.40 Å². The zero-order valence-electron chi connectivity index (χ0n) is 22.3. The van der Waals surface area contributed by atoms with E-state index in [1.54, 1.807) is 50.3 Å². The summed E-state index contributed by atoms with van der Waals surface area (Å²) in [6.07, 6.45) is 1.24. The molecule has 0 aliphatic carbocycles. The molecule has 1 aliphatic rings. The summed E-state index contributed by atoms with van der Waals surface area (Å²) >= 11 is 1.27. The van der Waals surface area contributed by atoms with Crippen molar-refractivity contribution in [3.05, 3.63) is 64.8 Å². The molecule has 1 N–H and O–H groups in total. The van der Waals surface area contributed by atoms with Crippen LogP contribution in [-0.4, -0.2) is 84.5 Å². The third-order valence-electron chi connectivity index (χ3n) is 6.34. The monoisotopic (exact) mass is 573 g/mol. The van der Waals surface area contributed by atoms with Crippen LogP contribution in [0.5, 0.6) is 5.06 Å². The highest BCUT2D eigenvalue weighted by Gasteiger charge is 2.24. The van der Waals surface area contributed by atoms with Gasteiger partial charge in [-0.05, 0) is 48.9 Å². The molecule has 0 radical (unpaired) electrons. The number of carbonyl (C=O) groups excluding carboxylic acids is 1. The Morgan fingerprint density at radius 1 is 1.10 bits per heavy atom. The molecule has 1 fully saturated rings. The summed E-state index contributed by atoms with van der Waals surface area (Å²) in [6.45, 7) is 5.41. The van der Waals surface area contributed by atoms with Crippen molar-refractivity contribution in [2.45, 2.75) is 11.8 Å². The standard InChI is InChI=1S/C27H32FN5O4S2/c1-19-24(20-5-11-23(12-6-20)39(35,36)30-17-31(3)4)25(26(34)29-2)38-27(19)37-18-32-13-15-33(16-14-32)22-9-7-21(28)8-10-22/h5-12,17H,13-16,18H2,1-4H3,(H,29,34). The van der Waals surface area contributed by atoms with E-state index >= 15 is 0 Å². The van der Waals surface area contributed by atoms with Crippen LogP contribution in [0.3, 0.4) is 0 Å². The third-order valence-corrected chi connectivity index (χ3v) is 8.78. The minimum atomic E-state index is -3.83. The number of amides is 1. The van der Waals surface area contributed by atoms with Gasteiger partial charge in [0, 0.05) is 64.1 Å². The molecule has 3 aromatic rings. The lowest BCUT2D eigenvalue weighted by Crippen LogP contribution is -2.47. The van der Waals surface area contributed by atoms with E-state index in [0.717, 1.165) is 37.4 Å². The Morgan fingerprint density at radius 3 is 2.33 bits per heavy atom. The quantitative estimate of drug-likeness (QED) is 0.308. The SMILES string of the molecule is CNC(=O)c1sc(OCN2CCN(c3ccc(F)cc3)CC2)c(C)c1-c1ccc(S(=O)(=O)N=CN(C)C)cc1. The molecule has 1 saturated heterocycles. The van der Waals surface area contributed by atoms with E-state index in [9.17, 15) is 17.6 Å². The van der Waals surface area contributed by atoms with E-state index in [-0.39, 0.29) is 16.6 Å². The number of hydrogen-bond acceptors (Lipinski definition) is 7. The maximum atomic E-state index is 13.2. The van der Waals surface area contributed by atoms with Gasteiger partial charge in [0.25, 0.3) is 15.9 Å². The molecule has 0 atom stereocenters. The van der Waals surface area contributed by atoms with Crippen LogP contribution in [0.2, 0.25) is 0 Å². The number of piperazine rings is 1. The average Bonchev–Trinajstić information content (AvgIpc) is 3.27. The van der Waals surface area contributed by atoms with E-state index in [0.29, 0.717) is 27.8 Å². The predicted octanol–water partition coefficient (Wildman–Crippen LogP) is 3.66. The van der Waals surface area contributed by atoms with E-state index in [2.05, 4.69) is 19.5 Å². The summed E-state index contributed by atoms with van der Waals surface area (Å²) in [7, 11) is 1.12. The van der Waals surface area contributed by atoms with Gasteiger partial charge < -0.3 is 19.9 Å². The van der Waals surface area contributed by atoms with E-state index in [4.69, 9.17) is 4.74 Å². The molecular weight excluding hydrogens is 541 g/mol. The Balaban J connectivity index is 1.48. The van der Waals surface area contributed by atoms with Gasteiger partial charge >= 0.3 is 0 Å². The van der Waals surface area contributed by atoms with Gasteiger partial charge in [0.2, 0.25) is 0 Å². The average molecular weight is 574 g/mol. The van der Waals surface area contributed by atoms with Crippen LogP contribution in [0.1, 0.15) is 15.2 Å². The maximum absolute atomic E-state index is 13.2. The molecular formula is C27H32FN5O4S2. The van der Waals surface area contributed by atoms with Crippen LogP contribution >= 0.6 is 11.3 Å². The van der Waals surface area contributed by atoms with Gasteiger partial charge in [0.1, 0.15) is 23.8 Å². The van der Waals surface area contributed by atoms with Gasteiger partial charge in [-0.25, -0.2) is 4.39 Å². The zero-order valence-corrected chi connectivity index (χ0v) is 24.0. The van der Waals surface area contributed by atoms with Crippen molar-refractivity contribution in [2.75, 3.05) is 59.0 Å². The van der Waals surface area contributed by atoms with Crippen molar-refractivity contribution < 1.29 is 22.3 Å². The lowest BCUT2D eigenvalue weighted by atomic mass is 10.0. The minimum absolute atomic E-state index is 0.0648. The highest BCUT2D eigenvalue weighted by atomic mass is 32.2. The number of thiophene rings is 1. The molecule has 0 spiro atoms. The fourth-order valence-corrected chi connectivity index (χ4v) is 6.23. The first-order valence-electron chi connectivity index (χ1n) is 12.4. The van der Waals surface area contributed by atoms with Gasteiger partial charge in [-0.2, -0.15) is 8.42 Å². The predicted molar refractivity (Wildman–Crippen MR) is 153 cm³/mol. The van der Waals surface area contributed by atoms with Crippen LogP contribution in [0.15, 0.2) is 57.8 Å². The first-order chi connectivity index (χ1) is 18.6. The molecule has 2 heterocycles. The topological polar surface area (TPSA) is 94.5 Å². The van der Waals surface area contributed by atoms with Crippen molar-refractivity contribution in [3.63, 3.8) is 0 Å². The number of rotatable bonds is 9. The number of halogens is 1. The lowest BCUT2D eigenvalue weighted by molar-refractivity contribution is 0.0967. The van der Waals surface area contributed by atoms with Crippen LogP contribution in [-0.2, 0) is 10.0 Å². The first-order valence-corrected chi connectivity index (χ1v) is 14.6. The lowest BCUT2D eigenvalue weighted by Gasteiger charge is -2.35. The molecule has 0 bridgehead atoms. The summed E-state index contributed by atoms with van der Waals surface area (Å²) in [4.78, 5) is 19.2. The Morgan fingerprint density at radius 2 is 1.74 bits per heavy atom. The fraction of sp³-hybridized carbons (Fsp3) is 0.333. The van der Waals surface area contributed by atoms with Gasteiger partial charge in [-0.3, -0.25) is 9.69 Å². The smallest absolute Gasteiger partial charge is 0.283 e. The minimum Gasteiger partial charge on any atom is -0.468 e. The van der Waals surface area contributed by atoms with Gasteiger partial charge in [0.15, 0.2) is 5.06 Å². The zero-order chi connectivity index (χ0) is 28.2. The van der Waals surface area contributed by atoms with E-state index < -0.39 is 10.0 Å². The number of carbonyl (C=O) groups is 1. The highest BCUT2D eigenvalue weighted by Crippen LogP contribution is 2.41. The summed E-state index contributed by atoms with van der Waals surface area (Å²) in [5.74, 6) is -0.490. The van der Waals surface area contributed by atoms with Crippen molar-refractivity contribution in [3.8, 4) is 16.2 Å². The Hall–Kier alpha value is -3.48. The van der Waals surface area contributed by atoms with Crippen molar-refractivity contribution in [1.29, 1.82) is 0 Å². The molecule has 208 valence electrons. The fourth-order valence-electron chi connectivity index (χ4n) is 4.20. The molecule has 0 unspecified atom stereocenters. The Bertz CT molecular complexity index is 1430. The van der Waals surface area contributed by atoms with Crippen LogP contribution in [0.25, 0.3) is 11.1 Å². The molecule has 12 heteroatoms. The van der Waals surface area contributed by atoms with E-state index in [1.165, 1.54) is 41.9 Å². The second-order valence-corrected chi connectivity index (χ2v) is 12.0. The van der Waals surface area contributed by atoms with Gasteiger partial charge in [-0.1, -0.05) is 23.5 Å². The largest absolute Gasteiger partial charge is 0.468 e. The molecule has 1 aromatic heterocycles. The first kappa shape index (κ1) is 28.5. The number of nitrogens with one attached hydrogen (secondary N) is 1. The number of sulfonamides is 1. The van der Waals surface area contributed by atoms with E-state index in [1.807, 2.05) is 6.92 Å². The molecule has 2 aromatic carbocycles. The second-order valence-electron chi connectivity index (χ2n) is 9.34. The maximum Gasteiger partial charge on any atom is 0.283 e. The molecule has 9 nitrogen and oxygen atoms in total. The van der Waals surface area contributed by atoms with Gasteiger partial charge in [0.05, 0.1) is 4.90 Å². The number of ether oxygens (including phenoxy) is 1. The molecule has 1 aliphatic heterocycles. The molecule has 1 amide bonds. The molecule has 4 rings (SSSR count). The molecule has 0 saturated carbocycles. The summed E-state index contributed by atoms with van der Waals surface area (Å²) in [5, 5.41) is 3.32. The number of hydrogen-bond donors (Lipinski definition) is 1. The van der Waals surface area contributed by atoms with Crippen molar-refractivity contribution in [1.82, 2.24) is 15.1 Å². The van der Waals surface area contributed by atoms with Crippen LogP contribution < -0.4 is 15.0 Å². The number of anilines is 1. The number of benzene rings is 2. The Kier molecular flexibility index (Phi) is 8.88. The van der Waals surface area contributed by atoms with Crippen LogP contribution in [0, 0.1) is 12.7 Å². The highest BCUT2D eigenvalue weighted by molar-refractivity contribution is 7.90. The van der Waals surface area contributed by atoms with Crippen molar-refractivity contribution >= 4 is 39.3 Å².